The van der Waals surface area contributed by atoms with E-state index in [0.717, 1.165) is 17.1 Å². The normalized spacial score (nSPS) is 11.5. The van der Waals surface area contributed by atoms with E-state index in [1.165, 1.54) is 64.0 Å². The van der Waals surface area contributed by atoms with Gasteiger partial charge in [-0.05, 0) is 80.9 Å². The van der Waals surface area contributed by atoms with Crippen LogP contribution in [0.25, 0.3) is 64.0 Å². The molecule has 9 aromatic rings. The Morgan fingerprint density at radius 3 is 1.93 bits per heavy atom. The molecule has 0 aliphatic rings. The molecule has 216 valence electrons. The molecule has 0 saturated heterocycles. The van der Waals surface area contributed by atoms with E-state index >= 15 is 0 Å². The number of hydrogen-bond acceptors (Lipinski definition) is 2. The molecule has 0 amide bonds. The molecule has 0 aliphatic heterocycles. The van der Waals surface area contributed by atoms with Crippen LogP contribution in [0.3, 0.4) is 0 Å². The summed E-state index contributed by atoms with van der Waals surface area (Å²) in [6, 6.07) is 64.0. The van der Waals surface area contributed by atoms with E-state index in [4.69, 9.17) is 0 Å². The SMILES string of the molecule is c1ccc(-c2cccc(N(c3ccc4c(c3)sc3ccccc34)c3cccc4ccc(-c5cccc6ccccc56)cc34)c2)cc1. The Morgan fingerprint density at radius 1 is 0.348 bits per heavy atom. The van der Waals surface area contributed by atoms with Crippen molar-refractivity contribution >= 4 is 70.1 Å². The van der Waals surface area contributed by atoms with Crippen LogP contribution < -0.4 is 4.90 Å². The van der Waals surface area contributed by atoms with E-state index < -0.39 is 0 Å². The first-order valence-electron chi connectivity index (χ1n) is 15.7. The first kappa shape index (κ1) is 26.7. The van der Waals surface area contributed by atoms with Gasteiger partial charge in [-0.3, -0.25) is 0 Å². The molecule has 46 heavy (non-hydrogen) atoms. The molecule has 1 heterocycles. The summed E-state index contributed by atoms with van der Waals surface area (Å²) < 4.78 is 2.61. The molecular weight excluding hydrogens is 575 g/mol. The number of nitrogens with zero attached hydrogens (tertiary/aromatic N) is 1. The van der Waals surface area contributed by atoms with E-state index in [2.05, 4.69) is 181 Å². The second-order valence-electron chi connectivity index (χ2n) is 11.8. The Hall–Kier alpha value is -5.70. The number of thiophene rings is 1. The highest BCUT2D eigenvalue weighted by Crippen LogP contribution is 2.44. The van der Waals surface area contributed by atoms with Crippen LogP contribution in [0.1, 0.15) is 0 Å². The van der Waals surface area contributed by atoms with Crippen LogP contribution in [0.4, 0.5) is 17.1 Å². The first-order valence-corrected chi connectivity index (χ1v) is 16.5. The highest BCUT2D eigenvalue weighted by molar-refractivity contribution is 7.25. The topological polar surface area (TPSA) is 3.24 Å². The summed E-state index contributed by atoms with van der Waals surface area (Å²) in [5.41, 5.74) is 8.31. The number of benzene rings is 8. The van der Waals surface area contributed by atoms with Gasteiger partial charge in [0.05, 0.1) is 5.69 Å². The van der Waals surface area contributed by atoms with Crippen molar-refractivity contribution in [2.45, 2.75) is 0 Å². The maximum Gasteiger partial charge on any atom is 0.0540 e. The Bertz CT molecular complexity index is 2540. The second-order valence-corrected chi connectivity index (χ2v) is 12.9. The number of anilines is 3. The molecule has 0 fully saturated rings. The van der Waals surface area contributed by atoms with Gasteiger partial charge in [0, 0.05) is 36.9 Å². The fraction of sp³-hybridized carbons (Fsp3) is 0. The van der Waals surface area contributed by atoms with Gasteiger partial charge in [0.1, 0.15) is 0 Å². The van der Waals surface area contributed by atoms with Gasteiger partial charge in [0.15, 0.2) is 0 Å². The van der Waals surface area contributed by atoms with Crippen LogP contribution in [-0.2, 0) is 0 Å². The molecule has 0 unspecified atom stereocenters. The first-order chi connectivity index (χ1) is 22.8. The number of rotatable bonds is 5. The Kier molecular flexibility index (Phi) is 6.40. The van der Waals surface area contributed by atoms with Crippen LogP contribution in [0.15, 0.2) is 176 Å². The molecule has 0 bridgehead atoms. The van der Waals surface area contributed by atoms with E-state index in [1.807, 2.05) is 11.3 Å². The zero-order chi connectivity index (χ0) is 30.5. The average Bonchev–Trinajstić information content (AvgIpc) is 3.50. The Labute approximate surface area is 272 Å². The molecule has 0 saturated carbocycles. The third-order valence-corrected chi connectivity index (χ3v) is 10.2. The maximum absolute atomic E-state index is 2.44. The minimum absolute atomic E-state index is 1.13. The van der Waals surface area contributed by atoms with E-state index in [9.17, 15) is 0 Å². The van der Waals surface area contributed by atoms with Crippen LogP contribution >= 0.6 is 11.3 Å². The lowest BCUT2D eigenvalue weighted by Crippen LogP contribution is -2.10. The molecular formula is C44H29NS. The quantitative estimate of drug-likeness (QED) is 0.189. The predicted octanol–water partition coefficient (Wildman–Crippen LogP) is 13.2. The van der Waals surface area contributed by atoms with Crippen LogP contribution in [0.5, 0.6) is 0 Å². The summed E-state index contributed by atoms with van der Waals surface area (Å²) in [6.07, 6.45) is 0. The van der Waals surface area contributed by atoms with E-state index in [0.29, 0.717) is 0 Å². The summed E-state index contributed by atoms with van der Waals surface area (Å²) in [4.78, 5) is 2.44. The van der Waals surface area contributed by atoms with Gasteiger partial charge in [0.2, 0.25) is 0 Å². The summed E-state index contributed by atoms with van der Waals surface area (Å²) >= 11 is 1.86. The molecule has 1 nitrogen and oxygen atoms in total. The van der Waals surface area contributed by atoms with Crippen molar-refractivity contribution < 1.29 is 0 Å². The molecule has 0 aliphatic carbocycles. The van der Waals surface area contributed by atoms with Crippen molar-refractivity contribution in [1.29, 1.82) is 0 Å². The highest BCUT2D eigenvalue weighted by atomic mass is 32.1. The largest absolute Gasteiger partial charge is 0.310 e. The minimum Gasteiger partial charge on any atom is -0.310 e. The van der Waals surface area contributed by atoms with Crippen molar-refractivity contribution in [1.82, 2.24) is 0 Å². The zero-order valence-corrected chi connectivity index (χ0v) is 25.9. The molecule has 0 N–H and O–H groups in total. The number of fused-ring (bicyclic) bond motifs is 5. The second kappa shape index (κ2) is 11.0. The molecule has 0 spiro atoms. The van der Waals surface area contributed by atoms with Crippen molar-refractivity contribution in [2.24, 2.45) is 0 Å². The Morgan fingerprint density at radius 2 is 1.02 bits per heavy atom. The molecule has 2 heteroatoms. The fourth-order valence-electron chi connectivity index (χ4n) is 6.83. The third kappa shape index (κ3) is 4.54. The van der Waals surface area contributed by atoms with Crippen molar-refractivity contribution in [3.8, 4) is 22.3 Å². The fourth-order valence-corrected chi connectivity index (χ4v) is 7.97. The summed E-state index contributed by atoms with van der Waals surface area (Å²) in [5.74, 6) is 0. The van der Waals surface area contributed by atoms with E-state index in [-0.39, 0.29) is 0 Å². The molecule has 0 atom stereocenters. The Balaban J connectivity index is 1.28. The van der Waals surface area contributed by atoms with Gasteiger partial charge >= 0.3 is 0 Å². The third-order valence-electron chi connectivity index (χ3n) is 9.03. The summed E-state index contributed by atoms with van der Waals surface area (Å²) in [7, 11) is 0. The maximum atomic E-state index is 2.44. The number of hydrogen-bond donors (Lipinski definition) is 0. The molecule has 1 aromatic heterocycles. The van der Waals surface area contributed by atoms with Gasteiger partial charge in [-0.15, -0.1) is 11.3 Å². The molecule has 0 radical (unpaired) electrons. The van der Waals surface area contributed by atoms with Crippen molar-refractivity contribution in [3.05, 3.63) is 176 Å². The molecule has 9 rings (SSSR count). The standard InChI is InChI=1S/C44H29NS/c1-2-11-30(12-3-1)33-16-8-17-35(27-33)45(36-25-26-40-39-19-6-7-22-43(39)46-44(40)29-36)42-21-10-15-32-23-24-34(28-41(32)42)38-20-9-14-31-13-4-5-18-37(31)38/h1-29H. The predicted molar refractivity (Wildman–Crippen MR) is 200 cm³/mol. The smallest absolute Gasteiger partial charge is 0.0540 e. The highest BCUT2D eigenvalue weighted by Gasteiger charge is 2.18. The van der Waals surface area contributed by atoms with Crippen LogP contribution in [0.2, 0.25) is 0 Å². The lowest BCUT2D eigenvalue weighted by atomic mass is 9.95. The minimum atomic E-state index is 1.13. The molecule has 8 aromatic carbocycles. The summed E-state index contributed by atoms with van der Waals surface area (Å²) in [5, 5.41) is 7.58. The van der Waals surface area contributed by atoms with Gasteiger partial charge in [-0.2, -0.15) is 0 Å². The lowest BCUT2D eigenvalue weighted by Gasteiger charge is -2.27. The zero-order valence-electron chi connectivity index (χ0n) is 25.1. The van der Waals surface area contributed by atoms with Crippen molar-refractivity contribution in [3.63, 3.8) is 0 Å². The lowest BCUT2D eigenvalue weighted by molar-refractivity contribution is 1.30. The monoisotopic (exact) mass is 603 g/mol. The summed E-state index contributed by atoms with van der Waals surface area (Å²) in [6.45, 7) is 0. The van der Waals surface area contributed by atoms with Gasteiger partial charge in [-0.25, -0.2) is 0 Å². The van der Waals surface area contributed by atoms with Crippen LogP contribution in [-0.4, -0.2) is 0 Å². The van der Waals surface area contributed by atoms with Gasteiger partial charge in [0.25, 0.3) is 0 Å². The van der Waals surface area contributed by atoms with Gasteiger partial charge < -0.3 is 4.90 Å². The van der Waals surface area contributed by atoms with Crippen LogP contribution in [0, 0.1) is 0 Å². The van der Waals surface area contributed by atoms with Crippen molar-refractivity contribution in [2.75, 3.05) is 4.90 Å². The van der Waals surface area contributed by atoms with E-state index in [1.54, 1.807) is 0 Å². The average molecular weight is 604 g/mol. The van der Waals surface area contributed by atoms with Gasteiger partial charge in [-0.1, -0.05) is 133 Å².